The summed E-state index contributed by atoms with van der Waals surface area (Å²) < 4.78 is 0. The second kappa shape index (κ2) is 6.32. The molecule has 20 heavy (non-hydrogen) atoms. The fraction of sp³-hybridized carbons (Fsp3) is 0.400. The molecular formula is C15H21N5. The molecule has 2 aromatic rings. The molecule has 0 radical (unpaired) electrons. The van der Waals surface area contributed by atoms with Crippen LogP contribution in [0.15, 0.2) is 24.4 Å². The average molecular weight is 271 g/mol. The fourth-order valence-electron chi connectivity index (χ4n) is 1.74. The van der Waals surface area contributed by atoms with Gasteiger partial charge in [-0.25, -0.2) is 0 Å². The van der Waals surface area contributed by atoms with Gasteiger partial charge in [-0.15, -0.1) is 5.10 Å². The fourth-order valence-corrected chi connectivity index (χ4v) is 1.74. The molecule has 1 aromatic heterocycles. The Labute approximate surface area is 119 Å². The van der Waals surface area contributed by atoms with E-state index in [9.17, 15) is 0 Å². The van der Waals surface area contributed by atoms with Gasteiger partial charge in [0.05, 0.1) is 6.20 Å². The molecule has 0 aliphatic heterocycles. The molecule has 2 rings (SSSR count). The van der Waals surface area contributed by atoms with Crippen LogP contribution in [0.3, 0.4) is 0 Å². The molecule has 0 amide bonds. The van der Waals surface area contributed by atoms with E-state index in [4.69, 9.17) is 0 Å². The van der Waals surface area contributed by atoms with E-state index >= 15 is 0 Å². The number of hydrogen-bond donors (Lipinski definition) is 2. The molecule has 1 aromatic carbocycles. The summed E-state index contributed by atoms with van der Waals surface area (Å²) in [5.74, 6) is 1.80. The molecule has 0 spiro atoms. The largest absolute Gasteiger partial charge is 0.368 e. The van der Waals surface area contributed by atoms with E-state index in [1.165, 1.54) is 5.56 Å². The van der Waals surface area contributed by atoms with Crippen molar-refractivity contribution in [3.05, 3.63) is 35.5 Å². The second-order valence-electron chi connectivity index (χ2n) is 5.38. The van der Waals surface area contributed by atoms with E-state index in [0.29, 0.717) is 11.9 Å². The smallest absolute Gasteiger partial charge is 0.249 e. The zero-order valence-electron chi connectivity index (χ0n) is 12.4. The molecule has 5 nitrogen and oxygen atoms in total. The van der Waals surface area contributed by atoms with Gasteiger partial charge in [0.1, 0.15) is 0 Å². The number of nitrogens with one attached hydrogen (secondary N) is 2. The quantitative estimate of drug-likeness (QED) is 0.873. The van der Waals surface area contributed by atoms with Gasteiger partial charge in [-0.2, -0.15) is 10.1 Å². The first-order chi connectivity index (χ1) is 9.54. The van der Waals surface area contributed by atoms with Crippen LogP contribution in [0.25, 0.3) is 0 Å². The Kier molecular flexibility index (Phi) is 4.50. The van der Waals surface area contributed by atoms with Crippen LogP contribution in [0.4, 0.5) is 17.5 Å². The number of benzene rings is 1. The maximum absolute atomic E-state index is 4.41. The third-order valence-electron chi connectivity index (χ3n) is 2.89. The molecule has 106 valence electrons. The third-order valence-corrected chi connectivity index (χ3v) is 2.89. The highest BCUT2D eigenvalue weighted by atomic mass is 15.3. The van der Waals surface area contributed by atoms with Crippen molar-refractivity contribution in [3.8, 4) is 0 Å². The van der Waals surface area contributed by atoms with Crippen LogP contribution >= 0.6 is 0 Å². The molecule has 0 unspecified atom stereocenters. The Balaban J connectivity index is 2.13. The van der Waals surface area contributed by atoms with E-state index in [2.05, 4.69) is 71.7 Å². The van der Waals surface area contributed by atoms with Gasteiger partial charge in [0.25, 0.3) is 0 Å². The van der Waals surface area contributed by atoms with Gasteiger partial charge in [-0.3, -0.25) is 0 Å². The number of aromatic nitrogens is 3. The lowest BCUT2D eigenvalue weighted by Crippen LogP contribution is -2.11. The highest BCUT2D eigenvalue weighted by Crippen LogP contribution is 2.19. The summed E-state index contributed by atoms with van der Waals surface area (Å²) >= 11 is 0. The van der Waals surface area contributed by atoms with Gasteiger partial charge in [-0.1, -0.05) is 26.0 Å². The van der Waals surface area contributed by atoms with Gasteiger partial charge in [0.15, 0.2) is 5.82 Å². The maximum Gasteiger partial charge on any atom is 0.249 e. The molecule has 0 fully saturated rings. The summed E-state index contributed by atoms with van der Waals surface area (Å²) in [6.45, 7) is 9.27. The molecular weight excluding hydrogens is 250 g/mol. The number of aryl methyl sites for hydroxylation is 2. The minimum absolute atomic E-state index is 0.507. The predicted octanol–water partition coefficient (Wildman–Crippen LogP) is 3.30. The summed E-state index contributed by atoms with van der Waals surface area (Å²) in [6.07, 6.45) is 1.64. The summed E-state index contributed by atoms with van der Waals surface area (Å²) in [4.78, 5) is 4.41. The van der Waals surface area contributed by atoms with Gasteiger partial charge in [-0.05, 0) is 37.0 Å². The first kappa shape index (κ1) is 14.2. The molecule has 0 aliphatic carbocycles. The Morgan fingerprint density at radius 3 is 2.75 bits per heavy atom. The lowest BCUT2D eigenvalue weighted by atomic mass is 10.1. The van der Waals surface area contributed by atoms with Gasteiger partial charge >= 0.3 is 0 Å². The normalized spacial score (nSPS) is 10.7. The second-order valence-corrected chi connectivity index (χ2v) is 5.38. The van der Waals surface area contributed by atoms with Crippen molar-refractivity contribution in [3.63, 3.8) is 0 Å². The molecule has 0 atom stereocenters. The van der Waals surface area contributed by atoms with Crippen molar-refractivity contribution in [1.82, 2.24) is 15.2 Å². The number of rotatable bonds is 5. The SMILES string of the molecule is Cc1ccc(C)c(Nc2nncc(NCC(C)C)n2)c1. The standard InChI is InChI=1S/C15H21N5/c1-10(2)8-16-14-9-17-20-15(19-14)18-13-7-11(3)5-6-12(13)4/h5-7,9-10H,8H2,1-4H3,(H2,16,18,19,20). The van der Waals surface area contributed by atoms with Crippen LogP contribution in [0.5, 0.6) is 0 Å². The maximum atomic E-state index is 4.41. The Morgan fingerprint density at radius 2 is 2.00 bits per heavy atom. The van der Waals surface area contributed by atoms with Crippen LogP contribution in [0, 0.1) is 19.8 Å². The summed E-state index contributed by atoms with van der Waals surface area (Å²) in [7, 11) is 0. The van der Waals surface area contributed by atoms with E-state index in [1.54, 1.807) is 6.20 Å². The zero-order chi connectivity index (χ0) is 14.5. The van der Waals surface area contributed by atoms with Crippen molar-refractivity contribution in [2.24, 2.45) is 5.92 Å². The van der Waals surface area contributed by atoms with Crippen molar-refractivity contribution < 1.29 is 0 Å². The minimum Gasteiger partial charge on any atom is -0.368 e. The lowest BCUT2D eigenvalue weighted by Gasteiger charge is -2.11. The Morgan fingerprint density at radius 1 is 1.20 bits per heavy atom. The topological polar surface area (TPSA) is 62.7 Å². The number of nitrogens with zero attached hydrogens (tertiary/aromatic N) is 3. The Hall–Kier alpha value is -2.17. The van der Waals surface area contributed by atoms with Crippen LogP contribution < -0.4 is 10.6 Å². The minimum atomic E-state index is 0.507. The van der Waals surface area contributed by atoms with Gasteiger partial charge in [0.2, 0.25) is 5.95 Å². The molecule has 5 heteroatoms. The van der Waals surface area contributed by atoms with Crippen LogP contribution in [0.2, 0.25) is 0 Å². The van der Waals surface area contributed by atoms with Crippen LogP contribution in [-0.2, 0) is 0 Å². The van der Waals surface area contributed by atoms with Gasteiger partial charge in [0, 0.05) is 12.2 Å². The molecule has 2 N–H and O–H groups in total. The van der Waals surface area contributed by atoms with Crippen molar-refractivity contribution in [1.29, 1.82) is 0 Å². The molecule has 0 bridgehead atoms. The monoisotopic (exact) mass is 271 g/mol. The summed E-state index contributed by atoms with van der Waals surface area (Å²) in [6, 6.07) is 6.24. The zero-order valence-corrected chi connectivity index (χ0v) is 12.4. The predicted molar refractivity (Wildman–Crippen MR) is 82.4 cm³/mol. The Bertz CT molecular complexity index is 580. The van der Waals surface area contributed by atoms with Gasteiger partial charge < -0.3 is 10.6 Å². The van der Waals surface area contributed by atoms with Crippen LogP contribution in [-0.4, -0.2) is 21.7 Å². The molecule has 0 saturated carbocycles. The first-order valence-electron chi connectivity index (χ1n) is 6.82. The molecule has 0 saturated heterocycles. The summed E-state index contributed by atoms with van der Waals surface area (Å²) in [5, 5.41) is 14.5. The molecule has 0 aliphatic rings. The lowest BCUT2D eigenvalue weighted by molar-refractivity contribution is 0.686. The summed E-state index contributed by atoms with van der Waals surface area (Å²) in [5.41, 5.74) is 3.35. The first-order valence-corrected chi connectivity index (χ1v) is 6.82. The van der Waals surface area contributed by atoms with E-state index in [1.807, 2.05) is 0 Å². The van der Waals surface area contributed by atoms with E-state index in [-0.39, 0.29) is 0 Å². The van der Waals surface area contributed by atoms with E-state index < -0.39 is 0 Å². The van der Waals surface area contributed by atoms with Crippen molar-refractivity contribution in [2.45, 2.75) is 27.7 Å². The van der Waals surface area contributed by atoms with Crippen LogP contribution in [0.1, 0.15) is 25.0 Å². The number of hydrogen-bond acceptors (Lipinski definition) is 5. The van der Waals surface area contributed by atoms with Crippen molar-refractivity contribution >= 4 is 17.5 Å². The van der Waals surface area contributed by atoms with Crippen molar-refractivity contribution in [2.75, 3.05) is 17.2 Å². The third kappa shape index (κ3) is 3.91. The average Bonchev–Trinajstić information content (AvgIpc) is 2.41. The molecule has 1 heterocycles. The number of anilines is 3. The highest BCUT2D eigenvalue weighted by molar-refractivity contribution is 5.59. The highest BCUT2D eigenvalue weighted by Gasteiger charge is 2.04. The van der Waals surface area contributed by atoms with E-state index in [0.717, 1.165) is 23.6 Å².